The summed E-state index contributed by atoms with van der Waals surface area (Å²) in [5.74, 6) is 0.413. The normalized spacial score (nSPS) is 11.8. The number of aryl methyl sites for hydroxylation is 2. The number of hydrogen-bond donors (Lipinski definition) is 2. The average Bonchev–Trinajstić information content (AvgIpc) is 2.82. The van der Waals surface area contributed by atoms with Crippen LogP contribution in [-0.4, -0.2) is 36.8 Å². The van der Waals surface area contributed by atoms with E-state index in [1.807, 2.05) is 0 Å². The molecule has 1 aromatic carbocycles. The van der Waals surface area contributed by atoms with E-state index in [9.17, 15) is 18.3 Å². The Morgan fingerprint density at radius 1 is 1.15 bits per heavy atom. The number of anilines is 1. The molecule has 0 spiro atoms. The second-order valence-electron chi connectivity index (χ2n) is 5.94. The maximum absolute atomic E-state index is 12.6. The molecule has 0 atom stereocenters. The van der Waals surface area contributed by atoms with Crippen molar-refractivity contribution in [3.05, 3.63) is 40.8 Å². The number of phenols is 1. The number of carbonyl (C=O) groups excluding carboxylic acids is 1. The summed E-state index contributed by atoms with van der Waals surface area (Å²) in [5.41, 5.74) is 1.10. The van der Waals surface area contributed by atoms with Gasteiger partial charge in [-0.2, -0.15) is 4.31 Å². The number of benzene rings is 1. The zero-order valence-corrected chi connectivity index (χ0v) is 16.4. The van der Waals surface area contributed by atoms with Gasteiger partial charge in [0.25, 0.3) is 5.91 Å². The van der Waals surface area contributed by atoms with Gasteiger partial charge in [0.1, 0.15) is 17.3 Å². The summed E-state index contributed by atoms with van der Waals surface area (Å²) >= 11 is 0. The van der Waals surface area contributed by atoms with Crippen LogP contribution in [0.15, 0.2) is 27.5 Å². The molecule has 26 heavy (non-hydrogen) atoms. The first-order valence-corrected chi connectivity index (χ1v) is 9.78. The molecule has 0 aliphatic heterocycles. The van der Waals surface area contributed by atoms with Crippen LogP contribution in [0.4, 0.5) is 5.69 Å². The number of rotatable bonds is 6. The van der Waals surface area contributed by atoms with E-state index in [2.05, 4.69) is 5.32 Å². The minimum absolute atomic E-state index is 0.00566. The predicted octanol–water partition coefficient (Wildman–Crippen LogP) is 3.19. The van der Waals surface area contributed by atoms with Crippen molar-refractivity contribution in [2.75, 3.05) is 18.4 Å². The third-order valence-corrected chi connectivity index (χ3v) is 6.39. The number of carbonyl (C=O) groups is 1. The first-order chi connectivity index (χ1) is 12.1. The Kier molecular flexibility index (Phi) is 5.77. The van der Waals surface area contributed by atoms with Crippen LogP contribution in [-0.2, 0) is 10.0 Å². The highest BCUT2D eigenvalue weighted by atomic mass is 32.2. The third-order valence-electron chi connectivity index (χ3n) is 4.35. The van der Waals surface area contributed by atoms with Crippen LogP contribution in [0.2, 0.25) is 0 Å². The van der Waals surface area contributed by atoms with Gasteiger partial charge in [0.05, 0.1) is 16.1 Å². The molecule has 142 valence electrons. The lowest BCUT2D eigenvalue weighted by molar-refractivity contribution is 0.102. The molecule has 0 radical (unpaired) electrons. The van der Waals surface area contributed by atoms with Crippen molar-refractivity contribution in [1.82, 2.24) is 4.31 Å². The van der Waals surface area contributed by atoms with E-state index >= 15 is 0 Å². The molecule has 0 saturated heterocycles. The van der Waals surface area contributed by atoms with Gasteiger partial charge in [-0.15, -0.1) is 0 Å². The second kappa shape index (κ2) is 7.51. The van der Waals surface area contributed by atoms with Gasteiger partial charge in [0.2, 0.25) is 10.0 Å². The van der Waals surface area contributed by atoms with E-state index in [0.717, 1.165) is 0 Å². The fraction of sp³-hybridized carbons (Fsp3) is 0.389. The molecule has 2 rings (SSSR count). The lowest BCUT2D eigenvalue weighted by Gasteiger charge is -2.19. The van der Waals surface area contributed by atoms with Crippen LogP contribution < -0.4 is 5.32 Å². The van der Waals surface area contributed by atoms with Crippen molar-refractivity contribution in [3.63, 3.8) is 0 Å². The number of amides is 1. The van der Waals surface area contributed by atoms with Crippen LogP contribution in [0.5, 0.6) is 5.75 Å². The van der Waals surface area contributed by atoms with Crippen molar-refractivity contribution in [2.24, 2.45) is 0 Å². The minimum atomic E-state index is -3.70. The average molecular weight is 380 g/mol. The number of nitrogens with zero attached hydrogens (tertiary/aromatic N) is 1. The third kappa shape index (κ3) is 3.61. The van der Waals surface area contributed by atoms with Crippen molar-refractivity contribution < 1.29 is 22.7 Å². The number of sulfonamides is 1. The number of aromatic hydroxyl groups is 1. The highest BCUT2D eigenvalue weighted by Gasteiger charge is 2.24. The molecule has 2 aromatic rings. The zero-order valence-electron chi connectivity index (χ0n) is 15.6. The largest absolute Gasteiger partial charge is 0.506 e. The summed E-state index contributed by atoms with van der Waals surface area (Å²) in [7, 11) is -3.70. The molecule has 8 heteroatoms. The van der Waals surface area contributed by atoms with Gasteiger partial charge in [-0.25, -0.2) is 8.42 Å². The molecule has 0 saturated carbocycles. The van der Waals surface area contributed by atoms with Gasteiger partial charge >= 0.3 is 0 Å². The summed E-state index contributed by atoms with van der Waals surface area (Å²) < 4.78 is 32.0. The summed E-state index contributed by atoms with van der Waals surface area (Å²) in [6.07, 6.45) is 0. The van der Waals surface area contributed by atoms with E-state index in [4.69, 9.17) is 4.42 Å². The maximum atomic E-state index is 12.6. The van der Waals surface area contributed by atoms with Crippen LogP contribution in [0, 0.1) is 20.8 Å². The molecule has 7 nitrogen and oxygen atoms in total. The Balaban J connectivity index is 2.41. The zero-order chi connectivity index (χ0) is 19.6. The molecule has 0 bridgehead atoms. The standard InChI is InChI=1S/C18H24N2O5S/c1-6-20(7-2)26(23,24)14-8-9-16(21)15(10-14)19-18(22)17-11(3)12(4)25-13(17)5/h8-10,21H,6-7H2,1-5H3,(H,19,22). The van der Waals surface area contributed by atoms with E-state index in [-0.39, 0.29) is 16.3 Å². The maximum Gasteiger partial charge on any atom is 0.259 e. The quantitative estimate of drug-likeness (QED) is 0.750. The molecule has 1 heterocycles. The van der Waals surface area contributed by atoms with Gasteiger partial charge in [-0.3, -0.25) is 4.79 Å². The van der Waals surface area contributed by atoms with Crippen LogP contribution in [0.25, 0.3) is 0 Å². The fourth-order valence-corrected chi connectivity index (χ4v) is 4.29. The van der Waals surface area contributed by atoms with E-state index in [1.54, 1.807) is 34.6 Å². The van der Waals surface area contributed by atoms with Gasteiger partial charge in [0, 0.05) is 18.7 Å². The SMILES string of the molecule is CCN(CC)S(=O)(=O)c1ccc(O)c(NC(=O)c2c(C)oc(C)c2C)c1. The first-order valence-electron chi connectivity index (χ1n) is 8.34. The lowest BCUT2D eigenvalue weighted by Crippen LogP contribution is -2.30. The highest BCUT2D eigenvalue weighted by molar-refractivity contribution is 7.89. The summed E-state index contributed by atoms with van der Waals surface area (Å²) in [5, 5.41) is 12.6. The molecule has 1 aromatic heterocycles. The minimum Gasteiger partial charge on any atom is -0.506 e. The van der Waals surface area contributed by atoms with Gasteiger partial charge in [-0.05, 0) is 39.0 Å². The molecule has 1 amide bonds. The number of hydrogen-bond acceptors (Lipinski definition) is 5. The van der Waals surface area contributed by atoms with E-state index in [1.165, 1.54) is 22.5 Å². The van der Waals surface area contributed by atoms with Crippen molar-refractivity contribution in [3.8, 4) is 5.75 Å². The van der Waals surface area contributed by atoms with E-state index in [0.29, 0.717) is 35.7 Å². The van der Waals surface area contributed by atoms with Gasteiger partial charge in [0.15, 0.2) is 0 Å². The summed E-state index contributed by atoms with van der Waals surface area (Å²) in [6, 6.07) is 3.84. The molecule has 0 fully saturated rings. The number of furan rings is 1. The molecule has 0 unspecified atom stereocenters. The Bertz CT molecular complexity index is 927. The fourth-order valence-electron chi connectivity index (χ4n) is 2.80. The molecular formula is C18H24N2O5S. The van der Waals surface area contributed by atoms with E-state index < -0.39 is 15.9 Å². The smallest absolute Gasteiger partial charge is 0.259 e. The highest BCUT2D eigenvalue weighted by Crippen LogP contribution is 2.29. The van der Waals surface area contributed by atoms with Crippen molar-refractivity contribution in [1.29, 1.82) is 0 Å². The Morgan fingerprint density at radius 3 is 2.27 bits per heavy atom. The molecule has 0 aliphatic carbocycles. The Morgan fingerprint density at radius 2 is 1.77 bits per heavy atom. The first kappa shape index (κ1) is 20.0. The number of nitrogens with one attached hydrogen (secondary N) is 1. The van der Waals surface area contributed by atoms with Crippen molar-refractivity contribution in [2.45, 2.75) is 39.5 Å². The Labute approximate surface area is 153 Å². The molecule has 2 N–H and O–H groups in total. The van der Waals surface area contributed by atoms with Gasteiger partial charge < -0.3 is 14.8 Å². The van der Waals surface area contributed by atoms with Crippen LogP contribution in [0.1, 0.15) is 41.3 Å². The predicted molar refractivity (Wildman–Crippen MR) is 99.1 cm³/mol. The van der Waals surface area contributed by atoms with Gasteiger partial charge in [-0.1, -0.05) is 13.8 Å². The second-order valence-corrected chi connectivity index (χ2v) is 7.87. The molecular weight excluding hydrogens is 356 g/mol. The topological polar surface area (TPSA) is 99.9 Å². The number of phenolic OH excluding ortho intramolecular Hbond substituents is 1. The Hall–Kier alpha value is -2.32. The van der Waals surface area contributed by atoms with Crippen LogP contribution in [0.3, 0.4) is 0 Å². The van der Waals surface area contributed by atoms with Crippen LogP contribution >= 0.6 is 0 Å². The molecule has 0 aliphatic rings. The van der Waals surface area contributed by atoms with Crippen molar-refractivity contribution >= 4 is 21.6 Å². The monoisotopic (exact) mass is 380 g/mol. The summed E-state index contributed by atoms with van der Waals surface area (Å²) in [4.78, 5) is 12.6. The summed E-state index contributed by atoms with van der Waals surface area (Å²) in [6.45, 7) is 9.35. The lowest BCUT2D eigenvalue weighted by atomic mass is 10.1.